The van der Waals surface area contributed by atoms with E-state index in [1.54, 1.807) is 6.07 Å². The standard InChI is InChI=1S/C8H8BrClN2O2/c9-4-1-5(7(10)12-3-4)6(2-11)8(13)14/h1,3,6H,2,11H2,(H,13,14). The van der Waals surface area contributed by atoms with Gasteiger partial charge in [0.05, 0.1) is 5.92 Å². The molecule has 3 N–H and O–H groups in total. The van der Waals surface area contributed by atoms with Crippen LogP contribution >= 0.6 is 27.5 Å². The summed E-state index contributed by atoms with van der Waals surface area (Å²) in [5.41, 5.74) is 5.77. The van der Waals surface area contributed by atoms with Crippen molar-refractivity contribution in [1.29, 1.82) is 0 Å². The van der Waals surface area contributed by atoms with Crippen LogP contribution in [0.2, 0.25) is 5.15 Å². The monoisotopic (exact) mass is 278 g/mol. The van der Waals surface area contributed by atoms with E-state index >= 15 is 0 Å². The zero-order valence-corrected chi connectivity index (χ0v) is 9.42. The van der Waals surface area contributed by atoms with Crippen molar-refractivity contribution >= 4 is 33.5 Å². The molecule has 0 saturated heterocycles. The molecule has 1 aromatic heterocycles. The smallest absolute Gasteiger partial charge is 0.312 e. The number of pyridine rings is 1. The summed E-state index contributed by atoms with van der Waals surface area (Å²) in [6, 6.07) is 1.61. The number of rotatable bonds is 3. The molecule has 76 valence electrons. The van der Waals surface area contributed by atoms with E-state index in [1.807, 2.05) is 0 Å². The predicted molar refractivity (Wildman–Crippen MR) is 56.4 cm³/mol. The summed E-state index contributed by atoms with van der Waals surface area (Å²) in [6.45, 7) is -0.00676. The van der Waals surface area contributed by atoms with E-state index in [0.29, 0.717) is 10.0 Å². The van der Waals surface area contributed by atoms with E-state index in [0.717, 1.165) is 0 Å². The van der Waals surface area contributed by atoms with E-state index in [4.69, 9.17) is 22.4 Å². The first-order valence-corrected chi connectivity index (χ1v) is 4.97. The van der Waals surface area contributed by atoms with Crippen LogP contribution < -0.4 is 5.73 Å². The van der Waals surface area contributed by atoms with Crippen molar-refractivity contribution in [2.24, 2.45) is 5.73 Å². The highest BCUT2D eigenvalue weighted by atomic mass is 79.9. The number of halogens is 2. The van der Waals surface area contributed by atoms with Crippen LogP contribution in [-0.4, -0.2) is 22.6 Å². The molecule has 0 aromatic carbocycles. The van der Waals surface area contributed by atoms with Gasteiger partial charge in [0.15, 0.2) is 0 Å². The normalized spacial score (nSPS) is 12.5. The van der Waals surface area contributed by atoms with Crippen LogP contribution in [0.3, 0.4) is 0 Å². The van der Waals surface area contributed by atoms with Gasteiger partial charge in [0.2, 0.25) is 0 Å². The number of carboxylic acid groups (broad SMARTS) is 1. The van der Waals surface area contributed by atoms with Crippen molar-refractivity contribution in [3.8, 4) is 0 Å². The Balaban J connectivity index is 3.15. The van der Waals surface area contributed by atoms with Crippen LogP contribution in [0, 0.1) is 0 Å². The third-order valence-corrected chi connectivity index (χ3v) is 2.49. The molecule has 0 aliphatic carbocycles. The maximum atomic E-state index is 10.8. The minimum atomic E-state index is -1.01. The van der Waals surface area contributed by atoms with Gasteiger partial charge in [-0.3, -0.25) is 4.79 Å². The summed E-state index contributed by atoms with van der Waals surface area (Å²) >= 11 is 8.95. The molecule has 6 heteroatoms. The molecule has 0 aliphatic rings. The maximum Gasteiger partial charge on any atom is 0.312 e. The molecular formula is C8H8BrClN2O2. The molecule has 0 aliphatic heterocycles. The molecule has 14 heavy (non-hydrogen) atoms. The molecule has 0 amide bonds. The molecule has 1 unspecified atom stereocenters. The summed E-state index contributed by atoms with van der Waals surface area (Å²) in [5, 5.41) is 9.03. The Morgan fingerprint density at radius 3 is 2.93 bits per heavy atom. The summed E-state index contributed by atoms with van der Waals surface area (Å²) in [6.07, 6.45) is 1.50. The summed E-state index contributed by atoms with van der Waals surface area (Å²) in [4.78, 5) is 14.6. The maximum absolute atomic E-state index is 10.8. The summed E-state index contributed by atoms with van der Waals surface area (Å²) in [7, 11) is 0. The van der Waals surface area contributed by atoms with Gasteiger partial charge in [-0.25, -0.2) is 4.98 Å². The third-order valence-electron chi connectivity index (χ3n) is 1.74. The van der Waals surface area contributed by atoms with Gasteiger partial charge < -0.3 is 10.8 Å². The van der Waals surface area contributed by atoms with Crippen LogP contribution in [0.5, 0.6) is 0 Å². The first-order chi connectivity index (χ1) is 6.56. The fourth-order valence-corrected chi connectivity index (χ4v) is 1.63. The van der Waals surface area contributed by atoms with Crippen molar-refractivity contribution in [2.45, 2.75) is 5.92 Å². The van der Waals surface area contributed by atoms with Gasteiger partial charge in [-0.15, -0.1) is 0 Å². The number of aromatic nitrogens is 1. The largest absolute Gasteiger partial charge is 0.481 e. The van der Waals surface area contributed by atoms with Gasteiger partial charge in [0.25, 0.3) is 0 Å². The molecule has 1 atom stereocenters. The van der Waals surface area contributed by atoms with Crippen molar-refractivity contribution in [1.82, 2.24) is 4.98 Å². The Morgan fingerprint density at radius 1 is 1.79 bits per heavy atom. The fourth-order valence-electron chi connectivity index (χ4n) is 1.04. The van der Waals surface area contributed by atoms with Crippen LogP contribution in [0.4, 0.5) is 0 Å². The first-order valence-electron chi connectivity index (χ1n) is 3.80. The molecule has 0 saturated carbocycles. The molecule has 1 rings (SSSR count). The number of hydrogen-bond donors (Lipinski definition) is 2. The lowest BCUT2D eigenvalue weighted by Gasteiger charge is -2.11. The molecule has 0 spiro atoms. The number of nitrogens with zero attached hydrogens (tertiary/aromatic N) is 1. The molecule has 4 nitrogen and oxygen atoms in total. The van der Waals surface area contributed by atoms with Crippen LogP contribution in [-0.2, 0) is 4.79 Å². The van der Waals surface area contributed by atoms with E-state index < -0.39 is 11.9 Å². The lowest BCUT2D eigenvalue weighted by molar-refractivity contribution is -0.138. The number of carbonyl (C=O) groups is 1. The highest BCUT2D eigenvalue weighted by Gasteiger charge is 2.21. The number of aliphatic carboxylic acids is 1. The Labute approximate surface area is 94.2 Å². The van der Waals surface area contributed by atoms with Gasteiger partial charge in [0, 0.05) is 22.8 Å². The second kappa shape index (κ2) is 4.72. The van der Waals surface area contributed by atoms with Crippen molar-refractivity contribution in [3.05, 3.63) is 27.5 Å². The lowest BCUT2D eigenvalue weighted by atomic mass is 10.0. The lowest BCUT2D eigenvalue weighted by Crippen LogP contribution is -2.21. The third kappa shape index (κ3) is 2.43. The number of carboxylic acids is 1. The van der Waals surface area contributed by atoms with Gasteiger partial charge >= 0.3 is 5.97 Å². The molecule has 0 radical (unpaired) electrons. The number of nitrogens with two attached hydrogens (primary N) is 1. The minimum absolute atomic E-state index is 0.00676. The SMILES string of the molecule is NCC(C(=O)O)c1cc(Br)cnc1Cl. The van der Waals surface area contributed by atoms with Gasteiger partial charge in [-0.2, -0.15) is 0 Å². The molecule has 1 aromatic rings. The number of hydrogen-bond acceptors (Lipinski definition) is 3. The van der Waals surface area contributed by atoms with E-state index in [1.165, 1.54) is 6.20 Å². The molecule has 0 fully saturated rings. The first kappa shape index (κ1) is 11.4. The van der Waals surface area contributed by atoms with Gasteiger partial charge in [-0.05, 0) is 22.0 Å². The van der Waals surface area contributed by atoms with Gasteiger partial charge in [0.1, 0.15) is 5.15 Å². The van der Waals surface area contributed by atoms with E-state index in [-0.39, 0.29) is 11.7 Å². The topological polar surface area (TPSA) is 76.2 Å². The Hall–Kier alpha value is -0.650. The average molecular weight is 280 g/mol. The van der Waals surface area contributed by atoms with E-state index in [9.17, 15) is 4.79 Å². The zero-order valence-electron chi connectivity index (χ0n) is 7.08. The average Bonchev–Trinajstić information content (AvgIpc) is 2.11. The quantitative estimate of drug-likeness (QED) is 0.825. The predicted octanol–water partition coefficient (Wildman–Crippen LogP) is 1.62. The minimum Gasteiger partial charge on any atom is -0.481 e. The van der Waals surface area contributed by atoms with Crippen LogP contribution in [0.25, 0.3) is 0 Å². The highest BCUT2D eigenvalue weighted by Crippen LogP contribution is 2.25. The Bertz CT molecular complexity index is 359. The summed E-state index contributed by atoms with van der Waals surface area (Å²) < 4.78 is 0.677. The van der Waals surface area contributed by atoms with Crippen molar-refractivity contribution < 1.29 is 9.90 Å². The highest BCUT2D eigenvalue weighted by molar-refractivity contribution is 9.10. The fraction of sp³-hybridized carbons (Fsp3) is 0.250. The van der Waals surface area contributed by atoms with Gasteiger partial charge in [-0.1, -0.05) is 11.6 Å². The second-order valence-corrected chi connectivity index (χ2v) is 3.93. The van der Waals surface area contributed by atoms with Crippen molar-refractivity contribution in [2.75, 3.05) is 6.54 Å². The van der Waals surface area contributed by atoms with Crippen LogP contribution in [0.1, 0.15) is 11.5 Å². The zero-order chi connectivity index (χ0) is 10.7. The van der Waals surface area contributed by atoms with Crippen molar-refractivity contribution in [3.63, 3.8) is 0 Å². The summed E-state index contributed by atoms with van der Waals surface area (Å²) in [5.74, 6) is -1.82. The molecule has 1 heterocycles. The second-order valence-electron chi connectivity index (χ2n) is 2.66. The Morgan fingerprint density at radius 2 is 2.43 bits per heavy atom. The Kier molecular flexibility index (Phi) is 3.86. The van der Waals surface area contributed by atoms with E-state index in [2.05, 4.69) is 20.9 Å². The molecular weight excluding hydrogens is 271 g/mol. The van der Waals surface area contributed by atoms with Crippen LogP contribution in [0.15, 0.2) is 16.7 Å². The molecule has 0 bridgehead atoms.